The molecule has 27 heavy (non-hydrogen) atoms. The van der Waals surface area contributed by atoms with E-state index in [-0.39, 0.29) is 29.4 Å². The Morgan fingerprint density at radius 1 is 1.26 bits per heavy atom. The molecule has 3 N–H and O–H groups in total. The number of halogens is 2. The molecule has 1 saturated heterocycles. The van der Waals surface area contributed by atoms with Gasteiger partial charge in [-0.3, -0.25) is 9.59 Å². The predicted octanol–water partition coefficient (Wildman–Crippen LogP) is 1.34. The maximum atomic E-state index is 13.4. The number of primary sulfonamides is 1. The zero-order valence-corrected chi connectivity index (χ0v) is 15.4. The van der Waals surface area contributed by atoms with Crippen molar-refractivity contribution in [3.05, 3.63) is 46.8 Å². The second-order valence-corrected chi connectivity index (χ2v) is 8.90. The molecule has 0 radical (unpaired) electrons. The number of nitrogens with one attached hydrogen (secondary N) is 1. The van der Waals surface area contributed by atoms with Crippen LogP contribution in [0.3, 0.4) is 0 Å². The van der Waals surface area contributed by atoms with Gasteiger partial charge >= 0.3 is 0 Å². The number of hydrogen-bond acceptors (Lipinski definition) is 5. The maximum Gasteiger partial charge on any atom is 0.247 e. The van der Waals surface area contributed by atoms with Gasteiger partial charge in [0.05, 0.1) is 6.54 Å². The fraction of sp³-hybridized carbons (Fsp3) is 0.250. The fourth-order valence-electron chi connectivity index (χ4n) is 2.78. The Bertz CT molecular complexity index is 987. The molecule has 0 spiro atoms. The summed E-state index contributed by atoms with van der Waals surface area (Å²) in [6.07, 6.45) is 0.204. The van der Waals surface area contributed by atoms with Gasteiger partial charge in [-0.05, 0) is 30.7 Å². The van der Waals surface area contributed by atoms with Crippen LogP contribution >= 0.6 is 11.3 Å². The molecule has 1 aliphatic heterocycles. The average molecular weight is 415 g/mol. The summed E-state index contributed by atoms with van der Waals surface area (Å²) in [6, 6.07) is 5.61. The molecule has 1 fully saturated rings. The standard InChI is InChI=1S/C16H15F2N3O4S2/c17-9-5-10(18)7-11(6-9)21-4-3-13(16(21)23)15(22)20-8-12-1-2-14(26-12)27(19,24)25/h1-2,5-7,13H,3-4,8H2,(H,20,22)(H2,19,24,25). The smallest absolute Gasteiger partial charge is 0.247 e. The molecule has 1 aromatic heterocycles. The minimum Gasteiger partial charge on any atom is -0.351 e. The number of hydrogen-bond donors (Lipinski definition) is 2. The van der Waals surface area contributed by atoms with E-state index < -0.39 is 39.4 Å². The highest BCUT2D eigenvalue weighted by atomic mass is 32.2. The van der Waals surface area contributed by atoms with Crippen LogP contribution in [0.4, 0.5) is 14.5 Å². The van der Waals surface area contributed by atoms with Crippen LogP contribution in [0, 0.1) is 17.6 Å². The SMILES string of the molecule is NS(=O)(=O)c1ccc(CNC(=O)C2CCN(c3cc(F)cc(F)c3)C2=O)s1. The van der Waals surface area contributed by atoms with Crippen LogP contribution in [-0.2, 0) is 26.2 Å². The fourth-order valence-corrected chi connectivity index (χ4v) is 4.50. The quantitative estimate of drug-likeness (QED) is 0.718. The lowest BCUT2D eigenvalue weighted by molar-refractivity contribution is -0.132. The highest BCUT2D eigenvalue weighted by Gasteiger charge is 2.37. The first kappa shape index (κ1) is 19.4. The normalized spacial score (nSPS) is 17.4. The van der Waals surface area contributed by atoms with Crippen molar-refractivity contribution in [2.45, 2.75) is 17.2 Å². The van der Waals surface area contributed by atoms with Gasteiger partial charge in [0.1, 0.15) is 21.8 Å². The van der Waals surface area contributed by atoms with Gasteiger partial charge in [0, 0.05) is 23.2 Å². The highest BCUT2D eigenvalue weighted by molar-refractivity contribution is 7.91. The van der Waals surface area contributed by atoms with Crippen LogP contribution in [0.5, 0.6) is 0 Å². The summed E-state index contributed by atoms with van der Waals surface area (Å²) < 4.78 is 49.2. The molecule has 0 aliphatic carbocycles. The summed E-state index contributed by atoms with van der Waals surface area (Å²) in [7, 11) is -3.81. The van der Waals surface area contributed by atoms with E-state index in [0.717, 1.165) is 23.5 Å². The Morgan fingerprint density at radius 2 is 1.93 bits per heavy atom. The first-order chi connectivity index (χ1) is 12.6. The van der Waals surface area contributed by atoms with E-state index in [1.165, 1.54) is 17.0 Å². The number of benzene rings is 1. The average Bonchev–Trinajstić information content (AvgIpc) is 3.18. The van der Waals surface area contributed by atoms with Gasteiger partial charge in [-0.2, -0.15) is 0 Å². The molecule has 3 rings (SSSR count). The van der Waals surface area contributed by atoms with Crippen LogP contribution in [0.2, 0.25) is 0 Å². The number of carbonyl (C=O) groups is 2. The first-order valence-corrected chi connectivity index (χ1v) is 10.2. The summed E-state index contributed by atoms with van der Waals surface area (Å²) in [4.78, 5) is 26.5. The lowest BCUT2D eigenvalue weighted by atomic mass is 10.1. The molecule has 1 aliphatic rings. The van der Waals surface area contributed by atoms with Crippen LogP contribution < -0.4 is 15.4 Å². The van der Waals surface area contributed by atoms with Crippen molar-refractivity contribution >= 4 is 38.9 Å². The van der Waals surface area contributed by atoms with Gasteiger partial charge in [-0.1, -0.05) is 0 Å². The minimum atomic E-state index is -3.81. The van der Waals surface area contributed by atoms with Gasteiger partial charge < -0.3 is 10.2 Å². The van der Waals surface area contributed by atoms with Gasteiger partial charge in [0.2, 0.25) is 21.8 Å². The third-order valence-corrected chi connectivity index (χ3v) is 6.56. The summed E-state index contributed by atoms with van der Waals surface area (Å²) >= 11 is 0.919. The van der Waals surface area contributed by atoms with E-state index >= 15 is 0 Å². The molecular weight excluding hydrogens is 400 g/mol. The third kappa shape index (κ3) is 4.31. The maximum absolute atomic E-state index is 13.4. The highest BCUT2D eigenvalue weighted by Crippen LogP contribution is 2.27. The molecule has 0 bridgehead atoms. The van der Waals surface area contributed by atoms with Crippen molar-refractivity contribution in [3.63, 3.8) is 0 Å². The monoisotopic (exact) mass is 415 g/mol. The van der Waals surface area contributed by atoms with Gasteiger partial charge in [0.15, 0.2) is 0 Å². The molecule has 2 amide bonds. The van der Waals surface area contributed by atoms with Crippen LogP contribution in [-0.4, -0.2) is 26.8 Å². The Morgan fingerprint density at radius 3 is 2.52 bits per heavy atom. The van der Waals surface area contributed by atoms with Crippen molar-refractivity contribution in [1.29, 1.82) is 0 Å². The number of carbonyl (C=O) groups excluding carboxylic acids is 2. The largest absolute Gasteiger partial charge is 0.351 e. The summed E-state index contributed by atoms with van der Waals surface area (Å²) in [5, 5.41) is 7.60. The van der Waals surface area contributed by atoms with Gasteiger partial charge in [-0.15, -0.1) is 11.3 Å². The number of thiophene rings is 1. The number of anilines is 1. The summed E-state index contributed by atoms with van der Waals surface area (Å²) in [5.74, 6) is -3.68. The Kier molecular flexibility index (Phi) is 5.27. The van der Waals surface area contributed by atoms with Crippen molar-refractivity contribution < 1.29 is 26.8 Å². The Balaban J connectivity index is 1.64. The Hall–Kier alpha value is -2.37. The zero-order valence-electron chi connectivity index (χ0n) is 13.8. The molecular formula is C16H15F2N3O4S2. The van der Waals surface area contributed by atoms with E-state index in [2.05, 4.69) is 5.32 Å². The summed E-state index contributed by atoms with van der Waals surface area (Å²) in [6.45, 7) is 0.200. The van der Waals surface area contributed by atoms with E-state index in [4.69, 9.17) is 5.14 Å². The van der Waals surface area contributed by atoms with Crippen molar-refractivity contribution in [1.82, 2.24) is 5.32 Å². The van der Waals surface area contributed by atoms with Crippen LogP contribution in [0.15, 0.2) is 34.5 Å². The lowest BCUT2D eigenvalue weighted by Crippen LogP contribution is -2.36. The lowest BCUT2D eigenvalue weighted by Gasteiger charge is -2.17. The van der Waals surface area contributed by atoms with E-state index in [1.807, 2.05) is 0 Å². The number of nitrogens with two attached hydrogens (primary N) is 1. The van der Waals surface area contributed by atoms with E-state index in [0.29, 0.717) is 10.9 Å². The number of amides is 2. The zero-order chi connectivity index (χ0) is 19.8. The van der Waals surface area contributed by atoms with Crippen molar-refractivity contribution in [2.75, 3.05) is 11.4 Å². The molecule has 0 saturated carbocycles. The van der Waals surface area contributed by atoms with Crippen LogP contribution in [0.1, 0.15) is 11.3 Å². The molecule has 11 heteroatoms. The molecule has 2 heterocycles. The second kappa shape index (κ2) is 7.33. The number of nitrogens with zero attached hydrogens (tertiary/aromatic N) is 1. The third-order valence-electron chi connectivity index (χ3n) is 4.04. The van der Waals surface area contributed by atoms with Crippen LogP contribution in [0.25, 0.3) is 0 Å². The number of rotatable bonds is 5. The van der Waals surface area contributed by atoms with Crippen molar-refractivity contribution in [2.24, 2.45) is 11.1 Å². The number of sulfonamides is 1. The van der Waals surface area contributed by atoms with Gasteiger partial charge in [0.25, 0.3) is 0 Å². The molecule has 7 nitrogen and oxygen atoms in total. The summed E-state index contributed by atoms with van der Waals surface area (Å²) in [5.41, 5.74) is 0.0591. The molecule has 1 unspecified atom stereocenters. The second-order valence-electron chi connectivity index (χ2n) is 5.94. The molecule has 1 aromatic carbocycles. The molecule has 1 atom stereocenters. The predicted molar refractivity (Wildman–Crippen MR) is 94.4 cm³/mol. The van der Waals surface area contributed by atoms with E-state index in [1.54, 1.807) is 0 Å². The van der Waals surface area contributed by atoms with Crippen molar-refractivity contribution in [3.8, 4) is 0 Å². The topological polar surface area (TPSA) is 110 Å². The van der Waals surface area contributed by atoms with E-state index in [9.17, 15) is 26.8 Å². The first-order valence-electron chi connectivity index (χ1n) is 7.82. The minimum absolute atomic E-state index is 0.0250. The molecule has 2 aromatic rings. The van der Waals surface area contributed by atoms with Gasteiger partial charge in [-0.25, -0.2) is 22.3 Å². The Labute approximate surface area is 157 Å². The molecule has 144 valence electrons.